The summed E-state index contributed by atoms with van der Waals surface area (Å²) in [6.45, 7) is 3.05. The van der Waals surface area contributed by atoms with Crippen molar-refractivity contribution in [1.29, 1.82) is 0 Å². The lowest BCUT2D eigenvalue weighted by Gasteiger charge is -2.16. The van der Waals surface area contributed by atoms with E-state index >= 15 is 0 Å². The Morgan fingerprint density at radius 3 is 2.52 bits per heavy atom. The van der Waals surface area contributed by atoms with E-state index in [1.165, 1.54) is 0 Å². The van der Waals surface area contributed by atoms with Crippen molar-refractivity contribution < 1.29 is 9.47 Å². The zero-order chi connectivity index (χ0) is 20.1. The van der Waals surface area contributed by atoms with Crippen molar-refractivity contribution in [1.82, 2.24) is 5.43 Å². The zero-order valence-corrected chi connectivity index (χ0v) is 18.4. The van der Waals surface area contributed by atoms with Gasteiger partial charge in [-0.1, -0.05) is 76.2 Å². The average Bonchev–Trinajstić information content (AvgIpc) is 3.25. The van der Waals surface area contributed by atoms with Gasteiger partial charge in [0.05, 0.1) is 6.61 Å². The van der Waals surface area contributed by atoms with E-state index in [9.17, 15) is 0 Å². The SMILES string of the molecule is CCOc1cc([C@H]2NN=C(c3ccccc3)S2)ccc1OCc1ccc(Br)cc1. The number of thioether (sulfide) groups is 1. The summed E-state index contributed by atoms with van der Waals surface area (Å²) in [5.41, 5.74) is 6.55. The third-order valence-electron chi connectivity index (χ3n) is 4.41. The number of hydrogen-bond donors (Lipinski definition) is 1. The third-order valence-corrected chi connectivity index (χ3v) is 6.10. The smallest absolute Gasteiger partial charge is 0.161 e. The molecule has 0 unspecified atom stereocenters. The minimum atomic E-state index is 0.0462. The molecule has 1 heterocycles. The number of benzene rings is 3. The maximum Gasteiger partial charge on any atom is 0.161 e. The van der Waals surface area contributed by atoms with Crippen LogP contribution in [0.4, 0.5) is 0 Å². The summed E-state index contributed by atoms with van der Waals surface area (Å²) in [7, 11) is 0. The van der Waals surface area contributed by atoms with Crippen molar-refractivity contribution in [2.24, 2.45) is 5.10 Å². The number of hydrogen-bond acceptors (Lipinski definition) is 5. The monoisotopic (exact) mass is 468 g/mol. The van der Waals surface area contributed by atoms with Crippen molar-refractivity contribution in [2.45, 2.75) is 18.9 Å². The Kier molecular flexibility index (Phi) is 6.42. The summed E-state index contributed by atoms with van der Waals surface area (Å²) >= 11 is 5.15. The lowest BCUT2D eigenvalue weighted by Crippen LogP contribution is -2.07. The number of rotatable bonds is 7. The minimum absolute atomic E-state index is 0.0462. The van der Waals surface area contributed by atoms with Gasteiger partial charge in [0.1, 0.15) is 17.0 Å². The molecule has 0 saturated carbocycles. The molecule has 6 heteroatoms. The van der Waals surface area contributed by atoms with Gasteiger partial charge >= 0.3 is 0 Å². The molecule has 1 N–H and O–H groups in total. The van der Waals surface area contributed by atoms with Crippen molar-refractivity contribution >= 4 is 32.7 Å². The van der Waals surface area contributed by atoms with Crippen LogP contribution >= 0.6 is 27.7 Å². The molecule has 3 aromatic carbocycles. The maximum absolute atomic E-state index is 6.03. The van der Waals surface area contributed by atoms with E-state index in [4.69, 9.17) is 9.47 Å². The van der Waals surface area contributed by atoms with E-state index in [0.29, 0.717) is 13.2 Å². The minimum Gasteiger partial charge on any atom is -0.490 e. The van der Waals surface area contributed by atoms with Crippen LogP contribution in [0.3, 0.4) is 0 Å². The highest BCUT2D eigenvalue weighted by Crippen LogP contribution is 2.38. The first kappa shape index (κ1) is 19.9. The molecule has 0 spiro atoms. The highest BCUT2D eigenvalue weighted by atomic mass is 79.9. The van der Waals surface area contributed by atoms with Gasteiger partial charge in [-0.05, 0) is 42.3 Å². The molecule has 4 nitrogen and oxygen atoms in total. The fourth-order valence-corrected chi connectivity index (χ4v) is 4.21. The van der Waals surface area contributed by atoms with Gasteiger partial charge in [-0.3, -0.25) is 5.43 Å². The molecule has 29 heavy (non-hydrogen) atoms. The molecule has 0 saturated heterocycles. The summed E-state index contributed by atoms with van der Waals surface area (Å²) in [6, 6.07) is 24.4. The summed E-state index contributed by atoms with van der Waals surface area (Å²) in [6.07, 6.45) is 0. The Labute approximate surface area is 183 Å². The van der Waals surface area contributed by atoms with Crippen molar-refractivity contribution in [3.8, 4) is 11.5 Å². The van der Waals surface area contributed by atoms with Gasteiger partial charge < -0.3 is 9.47 Å². The molecule has 1 aliphatic heterocycles. The third kappa shape index (κ3) is 4.95. The molecule has 148 valence electrons. The molecule has 0 bridgehead atoms. The lowest BCUT2D eigenvalue weighted by molar-refractivity contribution is 0.269. The fraction of sp³-hybridized carbons (Fsp3) is 0.174. The van der Waals surface area contributed by atoms with Crippen LogP contribution in [-0.2, 0) is 6.61 Å². The molecular formula is C23H21BrN2O2S. The van der Waals surface area contributed by atoms with Gasteiger partial charge in [0.2, 0.25) is 0 Å². The highest BCUT2D eigenvalue weighted by Gasteiger charge is 2.23. The largest absolute Gasteiger partial charge is 0.490 e. The Morgan fingerprint density at radius 1 is 0.966 bits per heavy atom. The van der Waals surface area contributed by atoms with Crippen LogP contribution < -0.4 is 14.9 Å². The molecule has 1 atom stereocenters. The van der Waals surface area contributed by atoms with Crippen LogP contribution in [0, 0.1) is 0 Å². The normalized spacial score (nSPS) is 15.5. The molecule has 0 radical (unpaired) electrons. The van der Waals surface area contributed by atoms with E-state index in [-0.39, 0.29) is 5.37 Å². The van der Waals surface area contributed by atoms with E-state index in [2.05, 4.69) is 44.7 Å². The summed E-state index contributed by atoms with van der Waals surface area (Å²) < 4.78 is 12.9. The number of ether oxygens (including phenoxy) is 2. The van der Waals surface area contributed by atoms with Crippen LogP contribution in [0.2, 0.25) is 0 Å². The summed E-state index contributed by atoms with van der Waals surface area (Å²) in [5.74, 6) is 1.49. The molecule has 0 amide bonds. The van der Waals surface area contributed by atoms with Crippen molar-refractivity contribution in [3.63, 3.8) is 0 Å². The zero-order valence-electron chi connectivity index (χ0n) is 16.0. The van der Waals surface area contributed by atoms with Gasteiger partial charge in [-0.2, -0.15) is 5.10 Å². The first-order valence-corrected chi connectivity index (χ1v) is 11.1. The van der Waals surface area contributed by atoms with Crippen LogP contribution in [0.25, 0.3) is 0 Å². The first-order chi connectivity index (χ1) is 14.2. The van der Waals surface area contributed by atoms with Gasteiger partial charge in [-0.15, -0.1) is 0 Å². The Morgan fingerprint density at radius 2 is 1.76 bits per heavy atom. The summed E-state index contributed by atoms with van der Waals surface area (Å²) in [4.78, 5) is 0. The van der Waals surface area contributed by atoms with Crippen LogP contribution in [0.5, 0.6) is 11.5 Å². The first-order valence-electron chi connectivity index (χ1n) is 9.42. The van der Waals surface area contributed by atoms with Crippen LogP contribution in [-0.4, -0.2) is 11.7 Å². The van der Waals surface area contributed by atoms with Gasteiger partial charge in [0, 0.05) is 10.0 Å². The van der Waals surface area contributed by atoms with E-state index in [0.717, 1.165) is 37.7 Å². The highest BCUT2D eigenvalue weighted by molar-refractivity contribution is 9.10. The van der Waals surface area contributed by atoms with E-state index in [1.807, 2.05) is 61.5 Å². The lowest BCUT2D eigenvalue weighted by atomic mass is 10.2. The molecular weight excluding hydrogens is 448 g/mol. The van der Waals surface area contributed by atoms with E-state index < -0.39 is 0 Å². The number of nitrogens with one attached hydrogen (secondary N) is 1. The number of hydrazone groups is 1. The predicted octanol–water partition coefficient (Wildman–Crippen LogP) is 6.12. The van der Waals surface area contributed by atoms with Gasteiger partial charge in [0.15, 0.2) is 11.5 Å². The Hall–Kier alpha value is -2.44. The van der Waals surface area contributed by atoms with Gasteiger partial charge in [-0.25, -0.2) is 0 Å². The molecule has 0 aliphatic carbocycles. The van der Waals surface area contributed by atoms with Crippen LogP contribution in [0.15, 0.2) is 82.4 Å². The standard InChI is InChI=1S/C23H21BrN2O2S/c1-2-27-21-14-18(23-26-25-22(29-23)17-6-4-3-5-7-17)10-13-20(21)28-15-16-8-11-19(24)12-9-16/h3-14,23,26H,2,15H2,1H3/t23-/m0/s1. The Bertz CT molecular complexity index is 994. The fourth-order valence-electron chi connectivity index (χ4n) is 2.95. The average molecular weight is 469 g/mol. The van der Waals surface area contributed by atoms with E-state index in [1.54, 1.807) is 11.8 Å². The second kappa shape index (κ2) is 9.37. The molecule has 0 aromatic heterocycles. The van der Waals surface area contributed by atoms with Crippen molar-refractivity contribution in [2.75, 3.05) is 6.61 Å². The maximum atomic E-state index is 6.03. The van der Waals surface area contributed by atoms with Crippen molar-refractivity contribution in [3.05, 3.63) is 94.0 Å². The quantitative estimate of drug-likeness (QED) is 0.453. The molecule has 4 rings (SSSR count). The topological polar surface area (TPSA) is 42.8 Å². The second-order valence-electron chi connectivity index (χ2n) is 6.46. The number of nitrogens with zero attached hydrogens (tertiary/aromatic N) is 1. The second-order valence-corrected chi connectivity index (χ2v) is 8.47. The number of halogens is 1. The van der Waals surface area contributed by atoms with Crippen LogP contribution in [0.1, 0.15) is 29.0 Å². The predicted molar refractivity (Wildman–Crippen MR) is 123 cm³/mol. The molecule has 3 aromatic rings. The van der Waals surface area contributed by atoms with Gasteiger partial charge in [0.25, 0.3) is 0 Å². The Balaban J connectivity index is 1.47. The molecule has 0 fully saturated rings. The summed E-state index contributed by atoms with van der Waals surface area (Å²) in [5, 5.41) is 5.53. The molecule has 1 aliphatic rings.